The summed E-state index contributed by atoms with van der Waals surface area (Å²) >= 11 is 0. The van der Waals surface area contributed by atoms with Crippen LogP contribution in [0, 0.1) is 17.5 Å². The van der Waals surface area contributed by atoms with Gasteiger partial charge in [0.2, 0.25) is 5.91 Å². The Balaban J connectivity index is 1.89. The zero-order valence-corrected chi connectivity index (χ0v) is 11.2. The first kappa shape index (κ1) is 15.3. The van der Waals surface area contributed by atoms with Gasteiger partial charge in [0.25, 0.3) is 5.91 Å². The number of carbonyl (C=O) groups is 2. The zero-order valence-electron chi connectivity index (χ0n) is 11.2. The van der Waals surface area contributed by atoms with Gasteiger partial charge in [0, 0.05) is 6.04 Å². The molecule has 1 aromatic carbocycles. The molecule has 114 valence electrons. The summed E-state index contributed by atoms with van der Waals surface area (Å²) in [6.45, 7) is -0.340. The predicted molar refractivity (Wildman–Crippen MR) is 69.0 cm³/mol. The molecule has 0 atom stereocenters. The Labute approximate surface area is 119 Å². The maximum absolute atomic E-state index is 13.4. The van der Waals surface area contributed by atoms with E-state index in [1.807, 2.05) is 0 Å². The van der Waals surface area contributed by atoms with E-state index in [4.69, 9.17) is 0 Å². The molecular weight excluding hydrogens is 285 g/mol. The number of amides is 2. The highest BCUT2D eigenvalue weighted by atomic mass is 19.2. The van der Waals surface area contributed by atoms with Crippen molar-refractivity contribution in [1.82, 2.24) is 10.6 Å². The van der Waals surface area contributed by atoms with Crippen LogP contribution in [0.15, 0.2) is 12.1 Å². The molecule has 0 saturated heterocycles. The molecule has 1 aliphatic carbocycles. The molecule has 21 heavy (non-hydrogen) atoms. The molecule has 0 radical (unpaired) electrons. The molecule has 2 amide bonds. The molecule has 0 heterocycles. The first-order chi connectivity index (χ1) is 9.99. The van der Waals surface area contributed by atoms with Crippen LogP contribution in [0.25, 0.3) is 0 Å². The second kappa shape index (κ2) is 6.60. The Morgan fingerprint density at radius 2 is 1.76 bits per heavy atom. The van der Waals surface area contributed by atoms with Crippen molar-refractivity contribution in [3.8, 4) is 0 Å². The van der Waals surface area contributed by atoms with Crippen LogP contribution >= 0.6 is 0 Å². The second-order valence-corrected chi connectivity index (χ2v) is 4.95. The van der Waals surface area contributed by atoms with Gasteiger partial charge < -0.3 is 10.6 Å². The van der Waals surface area contributed by atoms with Gasteiger partial charge in [-0.2, -0.15) is 0 Å². The number of hydrogen-bond donors (Lipinski definition) is 2. The van der Waals surface area contributed by atoms with Crippen LogP contribution in [-0.2, 0) is 4.79 Å². The van der Waals surface area contributed by atoms with Crippen LogP contribution in [0.1, 0.15) is 36.0 Å². The Kier molecular flexibility index (Phi) is 4.82. The van der Waals surface area contributed by atoms with Crippen molar-refractivity contribution >= 4 is 11.8 Å². The standard InChI is InChI=1S/C14H15F3N2O2/c15-10-6-5-9(12(16)13(10)17)14(21)18-7-11(20)19-8-3-1-2-4-8/h5-6,8H,1-4,7H2,(H,18,21)(H,19,20). The lowest BCUT2D eigenvalue weighted by Gasteiger charge is -2.12. The maximum atomic E-state index is 13.4. The number of benzene rings is 1. The first-order valence-corrected chi connectivity index (χ1v) is 6.70. The third-order valence-corrected chi connectivity index (χ3v) is 3.41. The summed E-state index contributed by atoms with van der Waals surface area (Å²) in [4.78, 5) is 23.2. The Hall–Kier alpha value is -2.05. The quantitative estimate of drug-likeness (QED) is 0.834. The molecule has 1 saturated carbocycles. The number of carbonyl (C=O) groups excluding carboxylic acids is 2. The van der Waals surface area contributed by atoms with E-state index in [9.17, 15) is 22.8 Å². The Bertz CT molecular complexity index is 557. The molecule has 1 aromatic rings. The van der Waals surface area contributed by atoms with E-state index >= 15 is 0 Å². The van der Waals surface area contributed by atoms with Crippen LogP contribution in [0.5, 0.6) is 0 Å². The van der Waals surface area contributed by atoms with Crippen LogP contribution in [0.4, 0.5) is 13.2 Å². The van der Waals surface area contributed by atoms with Crippen molar-refractivity contribution in [3.05, 3.63) is 35.1 Å². The van der Waals surface area contributed by atoms with Gasteiger partial charge >= 0.3 is 0 Å². The molecule has 0 unspecified atom stereocenters. The summed E-state index contributed by atoms with van der Waals surface area (Å²) in [5.41, 5.74) is -0.637. The molecule has 0 aromatic heterocycles. The average molecular weight is 300 g/mol. The van der Waals surface area contributed by atoms with Gasteiger partial charge in [-0.15, -0.1) is 0 Å². The Morgan fingerprint density at radius 1 is 1.10 bits per heavy atom. The van der Waals surface area contributed by atoms with E-state index < -0.39 is 34.8 Å². The summed E-state index contributed by atoms with van der Waals surface area (Å²) in [5.74, 6) is -6.00. The number of halogens is 3. The van der Waals surface area contributed by atoms with Crippen LogP contribution in [0.3, 0.4) is 0 Å². The van der Waals surface area contributed by atoms with Gasteiger partial charge in [0.05, 0.1) is 12.1 Å². The zero-order chi connectivity index (χ0) is 15.4. The third kappa shape index (κ3) is 3.74. The van der Waals surface area contributed by atoms with Gasteiger partial charge in [0.1, 0.15) is 0 Å². The van der Waals surface area contributed by atoms with Crippen LogP contribution in [0.2, 0.25) is 0 Å². The molecule has 1 aliphatic rings. The highest BCUT2D eigenvalue weighted by Crippen LogP contribution is 2.17. The summed E-state index contributed by atoms with van der Waals surface area (Å²) in [7, 11) is 0. The minimum atomic E-state index is -1.71. The van der Waals surface area contributed by atoms with E-state index in [2.05, 4.69) is 10.6 Å². The topological polar surface area (TPSA) is 58.2 Å². The summed E-state index contributed by atoms with van der Waals surface area (Å²) in [5, 5.41) is 4.92. The lowest BCUT2D eigenvalue weighted by atomic mass is 10.2. The minimum Gasteiger partial charge on any atom is -0.352 e. The highest BCUT2D eigenvalue weighted by Gasteiger charge is 2.20. The van der Waals surface area contributed by atoms with Crippen LogP contribution < -0.4 is 10.6 Å². The van der Waals surface area contributed by atoms with Gasteiger partial charge in [-0.1, -0.05) is 12.8 Å². The molecular formula is C14H15F3N2O2. The second-order valence-electron chi connectivity index (χ2n) is 4.95. The largest absolute Gasteiger partial charge is 0.352 e. The van der Waals surface area contributed by atoms with Crippen molar-refractivity contribution < 1.29 is 22.8 Å². The number of rotatable bonds is 4. The van der Waals surface area contributed by atoms with Crippen molar-refractivity contribution in [3.63, 3.8) is 0 Å². The van der Waals surface area contributed by atoms with Gasteiger partial charge in [-0.3, -0.25) is 9.59 Å². The van der Waals surface area contributed by atoms with Gasteiger partial charge in [0.15, 0.2) is 17.5 Å². The van der Waals surface area contributed by atoms with E-state index in [0.717, 1.165) is 31.7 Å². The summed E-state index contributed by atoms with van der Waals surface area (Å²) in [6, 6.07) is 1.60. The van der Waals surface area contributed by atoms with E-state index in [1.54, 1.807) is 0 Å². The normalized spacial score (nSPS) is 15.0. The highest BCUT2D eigenvalue weighted by molar-refractivity contribution is 5.96. The van der Waals surface area contributed by atoms with Crippen LogP contribution in [-0.4, -0.2) is 24.4 Å². The predicted octanol–water partition coefficient (Wildman–Crippen LogP) is 1.89. The minimum absolute atomic E-state index is 0.106. The molecule has 4 nitrogen and oxygen atoms in total. The monoisotopic (exact) mass is 300 g/mol. The third-order valence-electron chi connectivity index (χ3n) is 3.41. The summed E-state index contributed by atoms with van der Waals surface area (Å²) in [6.07, 6.45) is 3.91. The molecule has 1 fully saturated rings. The number of hydrogen-bond acceptors (Lipinski definition) is 2. The van der Waals surface area contributed by atoms with Gasteiger partial charge in [-0.05, 0) is 25.0 Å². The molecule has 7 heteroatoms. The maximum Gasteiger partial charge on any atom is 0.254 e. The Morgan fingerprint density at radius 3 is 2.43 bits per heavy atom. The fourth-order valence-electron chi connectivity index (χ4n) is 2.31. The molecule has 2 rings (SSSR count). The molecule has 0 bridgehead atoms. The van der Waals surface area contributed by atoms with E-state index in [1.165, 1.54) is 0 Å². The molecule has 0 spiro atoms. The SMILES string of the molecule is O=C(CNC(=O)c1ccc(F)c(F)c1F)NC1CCCC1. The lowest BCUT2D eigenvalue weighted by molar-refractivity contribution is -0.120. The van der Waals surface area contributed by atoms with Crippen molar-refractivity contribution in [2.45, 2.75) is 31.7 Å². The average Bonchev–Trinajstić information content (AvgIpc) is 2.95. The van der Waals surface area contributed by atoms with Gasteiger partial charge in [-0.25, -0.2) is 13.2 Å². The van der Waals surface area contributed by atoms with Crippen molar-refractivity contribution in [2.24, 2.45) is 0 Å². The molecule has 2 N–H and O–H groups in total. The van der Waals surface area contributed by atoms with E-state index in [-0.39, 0.29) is 12.6 Å². The summed E-state index contributed by atoms with van der Waals surface area (Å²) < 4.78 is 39.2. The smallest absolute Gasteiger partial charge is 0.254 e. The fraction of sp³-hybridized carbons (Fsp3) is 0.429. The fourth-order valence-corrected chi connectivity index (χ4v) is 2.31. The number of nitrogens with one attached hydrogen (secondary N) is 2. The van der Waals surface area contributed by atoms with E-state index in [0.29, 0.717) is 6.07 Å². The van der Waals surface area contributed by atoms with Crippen molar-refractivity contribution in [1.29, 1.82) is 0 Å². The molecule has 0 aliphatic heterocycles. The van der Waals surface area contributed by atoms with Crippen molar-refractivity contribution in [2.75, 3.05) is 6.54 Å². The lowest BCUT2D eigenvalue weighted by Crippen LogP contribution is -2.41. The first-order valence-electron chi connectivity index (χ1n) is 6.70.